The number of anilines is 1. The number of rotatable bonds is 4. The maximum Gasteiger partial charge on any atom is 0.283 e. The van der Waals surface area contributed by atoms with Crippen molar-refractivity contribution in [1.29, 1.82) is 0 Å². The minimum absolute atomic E-state index is 0.128. The number of hydrogen-bond acceptors (Lipinski definition) is 4. The lowest BCUT2D eigenvalue weighted by molar-refractivity contribution is 0.461. The van der Waals surface area contributed by atoms with Crippen molar-refractivity contribution in [2.75, 3.05) is 3.94 Å². The molecule has 1 unspecified atom stereocenters. The average Bonchev–Trinajstić information content (AvgIpc) is 2.74. The van der Waals surface area contributed by atoms with Gasteiger partial charge >= 0.3 is 0 Å². The van der Waals surface area contributed by atoms with Crippen molar-refractivity contribution in [3.05, 3.63) is 16.7 Å². The Hall–Kier alpha value is -0.980. The molecule has 9 heteroatoms. The van der Waals surface area contributed by atoms with E-state index in [0.29, 0.717) is 6.54 Å². The van der Waals surface area contributed by atoms with E-state index < -0.39 is 0 Å². The zero-order chi connectivity index (χ0) is 14.2. The van der Waals surface area contributed by atoms with E-state index in [1.165, 1.54) is 10.9 Å². The molecule has 2 heterocycles. The van der Waals surface area contributed by atoms with E-state index in [1.807, 2.05) is 13.8 Å². The number of aromatic nitrogens is 4. The van der Waals surface area contributed by atoms with Gasteiger partial charge in [0.2, 0.25) is 5.95 Å². The summed E-state index contributed by atoms with van der Waals surface area (Å²) < 4.78 is 3.29. The third-order valence-electron chi connectivity index (χ3n) is 2.94. The van der Waals surface area contributed by atoms with Crippen LogP contribution in [0, 0.1) is 5.92 Å². The number of nitrogens with zero attached hydrogens (tertiary/aromatic N) is 5. The van der Waals surface area contributed by atoms with Crippen molar-refractivity contribution in [2.45, 2.75) is 26.8 Å². The van der Waals surface area contributed by atoms with Crippen LogP contribution in [0.25, 0.3) is 11.2 Å². The van der Waals surface area contributed by atoms with Gasteiger partial charge in [-0.05, 0) is 5.92 Å². The first-order chi connectivity index (χ1) is 8.95. The molecule has 2 aromatic rings. The van der Waals surface area contributed by atoms with Crippen LogP contribution in [0.5, 0.6) is 0 Å². The first-order valence-electron chi connectivity index (χ1n) is 5.71. The van der Waals surface area contributed by atoms with Gasteiger partial charge in [-0.3, -0.25) is 9.36 Å². The summed E-state index contributed by atoms with van der Waals surface area (Å²) in [5.74, 6) is 0.408. The quantitative estimate of drug-likeness (QED) is 0.812. The van der Waals surface area contributed by atoms with Crippen LogP contribution in [0.1, 0.15) is 20.3 Å². The Morgan fingerprint density at radius 3 is 2.74 bits per heavy atom. The average molecular weight is 325 g/mol. The molecule has 0 aliphatic heterocycles. The maximum atomic E-state index is 12.4. The standard InChI is InChI=1S/C10H12Cl3N5O/c1-3-6(2)4-16-9(19)7-8(17(11)5-14-7)15-10(16)18(12)13/h5-6H,3-4H2,1-2H3. The Bertz CT molecular complexity index is 650. The van der Waals surface area contributed by atoms with Gasteiger partial charge in [-0.2, -0.15) is 8.92 Å². The Morgan fingerprint density at radius 1 is 1.47 bits per heavy atom. The predicted octanol–water partition coefficient (Wildman–Crippen LogP) is 2.76. The number of hydrogen-bond donors (Lipinski definition) is 0. The van der Waals surface area contributed by atoms with Gasteiger partial charge in [0.05, 0.1) is 0 Å². The van der Waals surface area contributed by atoms with Crippen molar-refractivity contribution in [1.82, 2.24) is 18.6 Å². The van der Waals surface area contributed by atoms with Crippen LogP contribution >= 0.6 is 35.3 Å². The van der Waals surface area contributed by atoms with Crippen LogP contribution in [0.4, 0.5) is 5.95 Å². The van der Waals surface area contributed by atoms with Crippen LogP contribution in [0.15, 0.2) is 11.1 Å². The molecule has 0 N–H and O–H groups in total. The van der Waals surface area contributed by atoms with Gasteiger partial charge in [0, 0.05) is 41.9 Å². The molecule has 2 aromatic heterocycles. The first-order valence-corrected chi connectivity index (χ1v) is 6.72. The largest absolute Gasteiger partial charge is 0.283 e. The zero-order valence-electron chi connectivity index (χ0n) is 10.3. The lowest BCUT2D eigenvalue weighted by atomic mass is 10.1. The molecule has 2 rings (SSSR count). The Labute approximate surface area is 124 Å². The molecule has 0 spiro atoms. The summed E-state index contributed by atoms with van der Waals surface area (Å²) >= 11 is 17.3. The van der Waals surface area contributed by atoms with Crippen LogP contribution in [0.3, 0.4) is 0 Å². The molecule has 0 amide bonds. The second kappa shape index (κ2) is 5.56. The van der Waals surface area contributed by atoms with E-state index >= 15 is 0 Å². The Kier molecular flexibility index (Phi) is 4.23. The summed E-state index contributed by atoms with van der Waals surface area (Å²) in [6.07, 6.45) is 2.23. The van der Waals surface area contributed by atoms with Gasteiger partial charge < -0.3 is 0 Å². The minimum atomic E-state index is -0.314. The fourth-order valence-corrected chi connectivity index (χ4v) is 2.10. The Balaban J connectivity index is 2.68. The summed E-state index contributed by atoms with van der Waals surface area (Å²) in [7, 11) is 0. The molecule has 6 nitrogen and oxygen atoms in total. The third kappa shape index (κ3) is 2.66. The van der Waals surface area contributed by atoms with Crippen molar-refractivity contribution < 1.29 is 0 Å². The lowest BCUT2D eigenvalue weighted by Crippen LogP contribution is -2.27. The van der Waals surface area contributed by atoms with Crippen LogP contribution < -0.4 is 9.50 Å². The molecular formula is C10H12Cl3N5O. The lowest BCUT2D eigenvalue weighted by Gasteiger charge is -2.16. The molecule has 0 fully saturated rings. The second-order valence-corrected chi connectivity index (χ2v) is 5.52. The summed E-state index contributed by atoms with van der Waals surface area (Å²) in [6.45, 7) is 4.51. The summed E-state index contributed by atoms with van der Waals surface area (Å²) in [4.78, 5) is 20.5. The molecule has 1 atom stereocenters. The molecule has 0 aliphatic carbocycles. The van der Waals surface area contributed by atoms with Crippen LogP contribution in [-0.4, -0.2) is 18.6 Å². The second-order valence-electron chi connectivity index (χ2n) is 4.30. The van der Waals surface area contributed by atoms with Gasteiger partial charge in [-0.15, -0.1) is 0 Å². The fraction of sp³-hybridized carbons (Fsp3) is 0.500. The van der Waals surface area contributed by atoms with Crippen molar-refractivity contribution >= 4 is 52.4 Å². The van der Waals surface area contributed by atoms with Crippen LogP contribution in [0.2, 0.25) is 0 Å². The third-order valence-corrected chi connectivity index (χ3v) is 3.49. The highest BCUT2D eigenvalue weighted by Gasteiger charge is 2.19. The molecule has 0 saturated carbocycles. The van der Waals surface area contributed by atoms with Gasteiger partial charge in [-0.25, -0.2) is 9.07 Å². The van der Waals surface area contributed by atoms with Gasteiger partial charge in [0.1, 0.15) is 6.33 Å². The van der Waals surface area contributed by atoms with Crippen molar-refractivity contribution in [2.24, 2.45) is 5.92 Å². The summed E-state index contributed by atoms with van der Waals surface area (Å²) in [6, 6.07) is 0. The van der Waals surface area contributed by atoms with E-state index in [1.54, 1.807) is 0 Å². The SMILES string of the molecule is CCC(C)Cn1c(N(Cl)Cl)nc2c(ncn2Cl)c1=O. The van der Waals surface area contributed by atoms with E-state index in [-0.39, 0.29) is 28.6 Å². The zero-order valence-corrected chi connectivity index (χ0v) is 12.6. The molecule has 0 bridgehead atoms. The predicted molar refractivity (Wildman–Crippen MR) is 76.7 cm³/mol. The highest BCUT2D eigenvalue weighted by Crippen LogP contribution is 2.20. The summed E-state index contributed by atoms with van der Waals surface area (Å²) in [5, 5.41) is 0. The maximum absolute atomic E-state index is 12.4. The number of fused-ring (bicyclic) bond motifs is 1. The van der Waals surface area contributed by atoms with Crippen LogP contribution in [-0.2, 0) is 6.54 Å². The van der Waals surface area contributed by atoms with Gasteiger partial charge in [0.15, 0.2) is 11.2 Å². The monoisotopic (exact) mass is 323 g/mol. The highest BCUT2D eigenvalue weighted by atomic mass is 35.5. The number of imidazole rings is 1. The molecule has 104 valence electrons. The Morgan fingerprint density at radius 2 is 2.16 bits per heavy atom. The topological polar surface area (TPSA) is 56.0 Å². The normalized spacial score (nSPS) is 12.9. The molecule has 0 aliphatic rings. The first kappa shape index (κ1) is 14.4. The highest BCUT2D eigenvalue weighted by molar-refractivity contribution is 6.48. The molecule has 0 aromatic carbocycles. The van der Waals surface area contributed by atoms with E-state index in [9.17, 15) is 4.79 Å². The van der Waals surface area contributed by atoms with E-state index in [2.05, 4.69) is 9.97 Å². The van der Waals surface area contributed by atoms with Gasteiger partial charge in [-0.1, -0.05) is 20.3 Å². The number of halogens is 3. The molecule has 0 saturated heterocycles. The summed E-state index contributed by atoms with van der Waals surface area (Å²) in [5.41, 5.74) is 0.108. The minimum Gasteiger partial charge on any atom is -0.274 e. The van der Waals surface area contributed by atoms with Crippen molar-refractivity contribution in [3.8, 4) is 0 Å². The smallest absolute Gasteiger partial charge is 0.274 e. The van der Waals surface area contributed by atoms with E-state index in [0.717, 1.165) is 14.4 Å². The molecular weight excluding hydrogens is 313 g/mol. The molecule has 0 radical (unpaired) electrons. The fourth-order valence-electron chi connectivity index (χ4n) is 1.68. The van der Waals surface area contributed by atoms with Crippen molar-refractivity contribution in [3.63, 3.8) is 0 Å². The van der Waals surface area contributed by atoms with Gasteiger partial charge in [0.25, 0.3) is 5.56 Å². The molecule has 19 heavy (non-hydrogen) atoms. The van der Waals surface area contributed by atoms with E-state index in [4.69, 9.17) is 35.3 Å².